The van der Waals surface area contributed by atoms with E-state index in [9.17, 15) is 0 Å². The predicted octanol–water partition coefficient (Wildman–Crippen LogP) is 1.55. The molecule has 0 bridgehead atoms. The molecule has 1 aromatic rings. The van der Waals surface area contributed by atoms with E-state index in [2.05, 4.69) is 34.1 Å². The van der Waals surface area contributed by atoms with Crippen LogP contribution in [-0.2, 0) is 13.5 Å². The van der Waals surface area contributed by atoms with Crippen molar-refractivity contribution in [1.29, 1.82) is 0 Å². The Morgan fingerprint density at radius 1 is 1.78 bits per heavy atom. The summed E-state index contributed by atoms with van der Waals surface area (Å²) in [5, 5.41) is 4.14. The molecule has 0 atom stereocenters. The number of rotatable bonds is 1. The fourth-order valence-electron chi connectivity index (χ4n) is 0.682. The number of hydrogen-bond donors (Lipinski definition) is 0. The van der Waals surface area contributed by atoms with Crippen LogP contribution in [0.3, 0.4) is 0 Å². The Bertz CT molecular complexity index is 205. The van der Waals surface area contributed by atoms with Crippen LogP contribution in [0.15, 0.2) is 4.47 Å². The molecule has 0 saturated carbocycles. The van der Waals surface area contributed by atoms with Gasteiger partial charge in [-0.3, -0.25) is 4.68 Å². The topological polar surface area (TPSA) is 17.8 Å². The van der Waals surface area contributed by atoms with E-state index in [4.69, 9.17) is 0 Å². The molecule has 3 heteroatoms. The molecule has 0 spiro atoms. The van der Waals surface area contributed by atoms with Crippen LogP contribution in [0.2, 0.25) is 0 Å². The maximum atomic E-state index is 4.14. The lowest BCUT2D eigenvalue weighted by Gasteiger charge is -1.84. The second kappa shape index (κ2) is 2.52. The zero-order valence-electron chi connectivity index (χ0n) is 5.48. The Balaban J connectivity index is 3.01. The molecule has 9 heavy (non-hydrogen) atoms. The zero-order valence-corrected chi connectivity index (χ0v) is 7.07. The average Bonchev–Trinajstić information content (AvgIpc) is 2.10. The summed E-state index contributed by atoms with van der Waals surface area (Å²) in [5.41, 5.74) is 1.07. The van der Waals surface area contributed by atoms with Gasteiger partial charge in [-0.25, -0.2) is 0 Å². The highest BCUT2D eigenvalue weighted by Gasteiger charge is 2.00. The van der Waals surface area contributed by atoms with Crippen molar-refractivity contribution in [3.63, 3.8) is 0 Å². The summed E-state index contributed by atoms with van der Waals surface area (Å²) < 4.78 is 2.66. The SMILES string of the molecule is CCc1nn(C)[c]c1Br. The molecular weight excluding hydrogens is 180 g/mol. The number of hydrogen-bond acceptors (Lipinski definition) is 1. The van der Waals surface area contributed by atoms with Crippen LogP contribution in [-0.4, -0.2) is 9.78 Å². The van der Waals surface area contributed by atoms with Gasteiger partial charge in [0.1, 0.15) is 6.20 Å². The summed E-state index contributed by atoms with van der Waals surface area (Å²) >= 11 is 3.34. The second-order valence-corrected chi connectivity index (χ2v) is 2.64. The van der Waals surface area contributed by atoms with Crippen LogP contribution in [0.1, 0.15) is 12.6 Å². The number of halogens is 1. The number of nitrogens with zero attached hydrogens (tertiary/aromatic N) is 2. The van der Waals surface area contributed by atoms with Gasteiger partial charge in [-0.2, -0.15) is 5.10 Å². The minimum Gasteiger partial charge on any atom is -0.265 e. The van der Waals surface area contributed by atoms with Crippen LogP contribution in [0.4, 0.5) is 0 Å². The predicted molar refractivity (Wildman–Crippen MR) is 39.1 cm³/mol. The minimum absolute atomic E-state index is 0.956. The fourth-order valence-corrected chi connectivity index (χ4v) is 1.30. The van der Waals surface area contributed by atoms with Gasteiger partial charge in [0, 0.05) is 7.05 Å². The molecule has 0 saturated heterocycles. The summed E-state index contributed by atoms with van der Waals surface area (Å²) in [4.78, 5) is 0. The van der Waals surface area contributed by atoms with E-state index in [1.54, 1.807) is 4.68 Å². The Labute approximate surface area is 63.0 Å². The van der Waals surface area contributed by atoms with Crippen molar-refractivity contribution in [3.8, 4) is 0 Å². The van der Waals surface area contributed by atoms with Gasteiger partial charge >= 0.3 is 0 Å². The molecule has 49 valence electrons. The van der Waals surface area contributed by atoms with Gasteiger partial charge in [0.2, 0.25) is 0 Å². The van der Waals surface area contributed by atoms with E-state index >= 15 is 0 Å². The zero-order chi connectivity index (χ0) is 6.85. The molecule has 0 fully saturated rings. The summed E-state index contributed by atoms with van der Waals surface area (Å²) in [6, 6.07) is 0. The summed E-state index contributed by atoms with van der Waals surface area (Å²) in [5.74, 6) is 0. The Morgan fingerprint density at radius 2 is 2.44 bits per heavy atom. The van der Waals surface area contributed by atoms with Crippen LogP contribution < -0.4 is 0 Å². The summed E-state index contributed by atoms with van der Waals surface area (Å²) in [6.07, 6.45) is 3.94. The van der Waals surface area contributed by atoms with Gasteiger partial charge in [-0.15, -0.1) is 0 Å². The Hall–Kier alpha value is -0.310. The molecular formula is C6H8BrN2. The van der Waals surface area contributed by atoms with E-state index in [0.717, 1.165) is 16.6 Å². The first-order valence-electron chi connectivity index (χ1n) is 2.84. The molecule has 1 aromatic heterocycles. The quantitative estimate of drug-likeness (QED) is 0.653. The molecule has 1 rings (SSSR count). The third-order valence-corrected chi connectivity index (χ3v) is 1.75. The molecule has 0 aliphatic carbocycles. The third-order valence-electron chi connectivity index (χ3n) is 1.12. The third kappa shape index (κ3) is 1.33. The second-order valence-electron chi connectivity index (χ2n) is 1.85. The molecule has 0 aromatic carbocycles. The van der Waals surface area contributed by atoms with Crippen LogP contribution in [0.25, 0.3) is 0 Å². The van der Waals surface area contributed by atoms with Crippen molar-refractivity contribution >= 4 is 15.9 Å². The first kappa shape index (κ1) is 6.81. The molecule has 0 unspecified atom stereocenters. The minimum atomic E-state index is 0.956. The van der Waals surface area contributed by atoms with Gasteiger partial charge in [-0.1, -0.05) is 6.92 Å². The van der Waals surface area contributed by atoms with Gasteiger partial charge in [0.25, 0.3) is 0 Å². The van der Waals surface area contributed by atoms with Crippen molar-refractivity contribution in [2.45, 2.75) is 13.3 Å². The molecule has 2 nitrogen and oxygen atoms in total. The highest BCUT2D eigenvalue weighted by Crippen LogP contribution is 2.12. The highest BCUT2D eigenvalue weighted by molar-refractivity contribution is 9.10. The first-order valence-corrected chi connectivity index (χ1v) is 3.64. The van der Waals surface area contributed by atoms with Gasteiger partial charge < -0.3 is 0 Å². The van der Waals surface area contributed by atoms with E-state index < -0.39 is 0 Å². The average molecular weight is 188 g/mol. The van der Waals surface area contributed by atoms with Crippen LogP contribution in [0, 0.1) is 6.20 Å². The van der Waals surface area contributed by atoms with Crippen LogP contribution >= 0.6 is 15.9 Å². The number of aromatic nitrogens is 2. The Morgan fingerprint density at radius 3 is 2.67 bits per heavy atom. The van der Waals surface area contributed by atoms with E-state index in [-0.39, 0.29) is 0 Å². The first-order chi connectivity index (χ1) is 4.24. The van der Waals surface area contributed by atoms with Gasteiger partial charge in [0.15, 0.2) is 0 Å². The smallest absolute Gasteiger partial charge is 0.102 e. The normalized spacial score (nSPS) is 10.1. The summed E-state index contributed by atoms with van der Waals surface area (Å²) in [7, 11) is 1.86. The molecule has 1 heterocycles. The Kier molecular flexibility index (Phi) is 1.90. The number of aryl methyl sites for hydroxylation is 2. The monoisotopic (exact) mass is 187 g/mol. The molecule has 0 aliphatic heterocycles. The molecule has 0 amide bonds. The van der Waals surface area contributed by atoms with Crippen molar-refractivity contribution in [2.75, 3.05) is 0 Å². The van der Waals surface area contributed by atoms with Crippen molar-refractivity contribution in [1.82, 2.24) is 9.78 Å². The molecule has 0 N–H and O–H groups in total. The van der Waals surface area contributed by atoms with Crippen molar-refractivity contribution in [3.05, 3.63) is 16.4 Å². The lowest BCUT2D eigenvalue weighted by Crippen LogP contribution is -1.89. The van der Waals surface area contributed by atoms with E-state index in [1.165, 1.54) is 0 Å². The maximum Gasteiger partial charge on any atom is 0.102 e. The van der Waals surface area contributed by atoms with Gasteiger partial charge in [-0.05, 0) is 22.4 Å². The molecule has 1 radical (unpaired) electrons. The lowest BCUT2D eigenvalue weighted by molar-refractivity contribution is 0.741. The lowest BCUT2D eigenvalue weighted by atomic mass is 10.3. The largest absolute Gasteiger partial charge is 0.265 e. The fraction of sp³-hybridized carbons (Fsp3) is 0.500. The van der Waals surface area contributed by atoms with Gasteiger partial charge in [0.05, 0.1) is 10.2 Å². The van der Waals surface area contributed by atoms with E-state index in [1.807, 2.05) is 7.05 Å². The summed E-state index contributed by atoms with van der Waals surface area (Å²) in [6.45, 7) is 2.07. The standard InChI is InChI=1S/C6H8BrN2/c1-3-6-5(7)4-9(2)8-6/h3H2,1-2H3. The van der Waals surface area contributed by atoms with Crippen molar-refractivity contribution in [2.24, 2.45) is 7.05 Å². The molecule has 0 aliphatic rings. The van der Waals surface area contributed by atoms with Crippen molar-refractivity contribution < 1.29 is 0 Å². The van der Waals surface area contributed by atoms with Crippen LogP contribution in [0.5, 0.6) is 0 Å². The maximum absolute atomic E-state index is 4.14. The highest BCUT2D eigenvalue weighted by atomic mass is 79.9. The van der Waals surface area contributed by atoms with E-state index in [0.29, 0.717) is 0 Å².